The third-order valence-electron chi connectivity index (χ3n) is 2.14. The molecule has 0 aliphatic rings. The molecule has 0 spiro atoms. The van der Waals surface area contributed by atoms with Gasteiger partial charge in [-0.1, -0.05) is 25.4 Å². The minimum absolute atomic E-state index is 0.202. The third kappa shape index (κ3) is 2.44. The van der Waals surface area contributed by atoms with Gasteiger partial charge < -0.3 is 0 Å². The van der Waals surface area contributed by atoms with E-state index in [1.165, 1.54) is 12.1 Å². The van der Waals surface area contributed by atoms with Crippen molar-refractivity contribution < 1.29 is 4.39 Å². The molecule has 2 nitrogen and oxygen atoms in total. The van der Waals surface area contributed by atoms with Crippen molar-refractivity contribution in [3.63, 3.8) is 0 Å². The van der Waals surface area contributed by atoms with Gasteiger partial charge in [0.05, 0.1) is 6.04 Å². The van der Waals surface area contributed by atoms with E-state index >= 15 is 0 Å². The summed E-state index contributed by atoms with van der Waals surface area (Å²) in [5, 5.41) is 0.516. The predicted molar refractivity (Wildman–Crippen MR) is 56.3 cm³/mol. The SMILES string of the molecule is CC(C)C(NN)c1cc(Cl)ccc1F. The number of rotatable bonds is 3. The Hall–Kier alpha value is -0.640. The number of nitrogens with one attached hydrogen (secondary N) is 1. The second kappa shape index (κ2) is 4.73. The molecule has 1 rings (SSSR count). The Kier molecular flexibility index (Phi) is 3.86. The molecular weight excluding hydrogens is 203 g/mol. The Labute approximate surface area is 88.2 Å². The highest BCUT2D eigenvalue weighted by Crippen LogP contribution is 2.25. The summed E-state index contributed by atoms with van der Waals surface area (Å²) in [5.41, 5.74) is 3.10. The van der Waals surface area contributed by atoms with E-state index < -0.39 is 0 Å². The van der Waals surface area contributed by atoms with Crippen LogP contribution in [0.25, 0.3) is 0 Å². The first-order valence-corrected chi connectivity index (χ1v) is 4.85. The lowest BCUT2D eigenvalue weighted by Crippen LogP contribution is -2.32. The fourth-order valence-corrected chi connectivity index (χ4v) is 1.57. The highest BCUT2D eigenvalue weighted by atomic mass is 35.5. The lowest BCUT2D eigenvalue weighted by atomic mass is 9.96. The molecule has 3 N–H and O–H groups in total. The molecule has 0 aliphatic heterocycles. The first-order chi connectivity index (χ1) is 6.56. The van der Waals surface area contributed by atoms with Gasteiger partial charge >= 0.3 is 0 Å². The quantitative estimate of drug-likeness (QED) is 0.602. The van der Waals surface area contributed by atoms with E-state index in [0.717, 1.165) is 0 Å². The van der Waals surface area contributed by atoms with Gasteiger partial charge in [0, 0.05) is 10.6 Å². The largest absolute Gasteiger partial charge is 0.271 e. The Morgan fingerprint density at radius 1 is 1.43 bits per heavy atom. The maximum Gasteiger partial charge on any atom is 0.128 e. The molecule has 0 fully saturated rings. The van der Waals surface area contributed by atoms with E-state index in [-0.39, 0.29) is 17.8 Å². The molecule has 0 bridgehead atoms. The van der Waals surface area contributed by atoms with Crippen molar-refractivity contribution >= 4 is 11.6 Å². The van der Waals surface area contributed by atoms with Crippen molar-refractivity contribution in [1.82, 2.24) is 5.43 Å². The number of hydrazine groups is 1. The smallest absolute Gasteiger partial charge is 0.128 e. The highest BCUT2D eigenvalue weighted by Gasteiger charge is 2.17. The number of hydrogen-bond donors (Lipinski definition) is 2. The Bertz CT molecular complexity index is 315. The van der Waals surface area contributed by atoms with E-state index in [9.17, 15) is 4.39 Å². The molecular formula is C10H14ClFN2. The van der Waals surface area contributed by atoms with Crippen molar-refractivity contribution in [3.05, 3.63) is 34.6 Å². The van der Waals surface area contributed by atoms with E-state index in [1.54, 1.807) is 6.07 Å². The van der Waals surface area contributed by atoms with Crippen LogP contribution in [0.2, 0.25) is 5.02 Å². The molecule has 14 heavy (non-hydrogen) atoms. The number of halogens is 2. The van der Waals surface area contributed by atoms with E-state index in [2.05, 4.69) is 5.43 Å². The minimum atomic E-state index is -0.286. The van der Waals surface area contributed by atoms with Gasteiger partial charge in [0.15, 0.2) is 0 Å². The average molecular weight is 217 g/mol. The third-order valence-corrected chi connectivity index (χ3v) is 2.37. The first-order valence-electron chi connectivity index (χ1n) is 4.47. The molecule has 78 valence electrons. The number of nitrogens with two attached hydrogens (primary N) is 1. The summed E-state index contributed by atoms with van der Waals surface area (Å²) < 4.78 is 13.4. The summed E-state index contributed by atoms with van der Waals surface area (Å²) in [6.45, 7) is 3.93. The van der Waals surface area contributed by atoms with E-state index in [4.69, 9.17) is 17.4 Å². The molecule has 1 atom stereocenters. The normalized spacial score (nSPS) is 13.3. The first kappa shape index (κ1) is 11.4. The van der Waals surface area contributed by atoms with Crippen LogP contribution in [0.5, 0.6) is 0 Å². The molecule has 0 aliphatic carbocycles. The summed E-state index contributed by atoms with van der Waals surface area (Å²) >= 11 is 5.79. The molecule has 0 radical (unpaired) electrons. The van der Waals surface area contributed by atoms with Crippen molar-refractivity contribution in [1.29, 1.82) is 0 Å². The summed E-state index contributed by atoms with van der Waals surface area (Å²) in [5.74, 6) is 5.28. The van der Waals surface area contributed by atoms with Crippen molar-refractivity contribution in [3.8, 4) is 0 Å². The van der Waals surface area contributed by atoms with Gasteiger partial charge in [-0.3, -0.25) is 11.3 Å². The van der Waals surface area contributed by atoms with Crippen LogP contribution in [-0.2, 0) is 0 Å². The van der Waals surface area contributed by atoms with Crippen LogP contribution in [0.1, 0.15) is 25.5 Å². The minimum Gasteiger partial charge on any atom is -0.271 e. The highest BCUT2D eigenvalue weighted by molar-refractivity contribution is 6.30. The zero-order valence-corrected chi connectivity index (χ0v) is 8.98. The maximum absolute atomic E-state index is 13.4. The van der Waals surface area contributed by atoms with Gasteiger partial charge in [-0.25, -0.2) is 4.39 Å². The lowest BCUT2D eigenvalue weighted by Gasteiger charge is -2.20. The molecule has 4 heteroatoms. The number of hydrogen-bond acceptors (Lipinski definition) is 2. The monoisotopic (exact) mass is 216 g/mol. The maximum atomic E-state index is 13.4. The van der Waals surface area contributed by atoms with Crippen LogP contribution in [0.4, 0.5) is 4.39 Å². The van der Waals surface area contributed by atoms with E-state index in [1.807, 2.05) is 13.8 Å². The number of benzene rings is 1. The Morgan fingerprint density at radius 2 is 2.07 bits per heavy atom. The average Bonchev–Trinajstić information content (AvgIpc) is 2.11. The molecule has 1 unspecified atom stereocenters. The zero-order valence-electron chi connectivity index (χ0n) is 8.22. The van der Waals surface area contributed by atoms with Crippen LogP contribution in [-0.4, -0.2) is 0 Å². The molecule has 0 amide bonds. The summed E-state index contributed by atoms with van der Waals surface area (Å²) in [6, 6.07) is 4.26. The molecule has 0 aromatic heterocycles. The van der Waals surface area contributed by atoms with Gasteiger partial charge in [0.2, 0.25) is 0 Å². The van der Waals surface area contributed by atoms with E-state index in [0.29, 0.717) is 10.6 Å². The summed E-state index contributed by atoms with van der Waals surface area (Å²) in [4.78, 5) is 0. The lowest BCUT2D eigenvalue weighted by molar-refractivity contribution is 0.405. The van der Waals surface area contributed by atoms with Gasteiger partial charge in [-0.2, -0.15) is 0 Å². The van der Waals surface area contributed by atoms with Crippen LogP contribution in [0.15, 0.2) is 18.2 Å². The van der Waals surface area contributed by atoms with Crippen LogP contribution in [0.3, 0.4) is 0 Å². The fraction of sp³-hybridized carbons (Fsp3) is 0.400. The second-order valence-corrected chi connectivity index (χ2v) is 3.99. The topological polar surface area (TPSA) is 38.0 Å². The molecule has 0 saturated heterocycles. The molecule has 1 aromatic carbocycles. The van der Waals surface area contributed by atoms with Gasteiger partial charge in [0.25, 0.3) is 0 Å². The molecule has 0 saturated carbocycles. The Balaban J connectivity index is 3.08. The van der Waals surface area contributed by atoms with Gasteiger partial charge in [0.1, 0.15) is 5.82 Å². The van der Waals surface area contributed by atoms with Gasteiger partial charge in [-0.15, -0.1) is 0 Å². The molecule has 0 heterocycles. The standard InChI is InChI=1S/C10H14ClFN2/c1-6(2)10(14-13)8-5-7(11)3-4-9(8)12/h3-6,10,14H,13H2,1-2H3. The Morgan fingerprint density at radius 3 is 2.57 bits per heavy atom. The van der Waals surface area contributed by atoms with Crippen molar-refractivity contribution in [2.75, 3.05) is 0 Å². The van der Waals surface area contributed by atoms with Crippen LogP contribution < -0.4 is 11.3 Å². The summed E-state index contributed by atoms with van der Waals surface area (Å²) in [6.07, 6.45) is 0. The van der Waals surface area contributed by atoms with Crippen molar-refractivity contribution in [2.45, 2.75) is 19.9 Å². The van der Waals surface area contributed by atoms with Crippen LogP contribution >= 0.6 is 11.6 Å². The van der Waals surface area contributed by atoms with Gasteiger partial charge in [-0.05, 0) is 24.1 Å². The second-order valence-electron chi connectivity index (χ2n) is 3.55. The predicted octanol–water partition coefficient (Wildman–Crippen LogP) is 2.64. The van der Waals surface area contributed by atoms with Crippen molar-refractivity contribution in [2.24, 2.45) is 11.8 Å². The van der Waals surface area contributed by atoms with Crippen LogP contribution in [0, 0.1) is 11.7 Å². The fourth-order valence-electron chi connectivity index (χ4n) is 1.39. The zero-order chi connectivity index (χ0) is 10.7. The summed E-state index contributed by atoms with van der Waals surface area (Å²) in [7, 11) is 0. The molecule has 1 aromatic rings.